The van der Waals surface area contributed by atoms with E-state index >= 15 is 0 Å². The van der Waals surface area contributed by atoms with Gasteiger partial charge in [-0.25, -0.2) is 9.97 Å². The monoisotopic (exact) mass is 338 g/mol. The molecule has 2 N–H and O–H groups in total. The standard InChI is InChI=1S/C13H15BrN4S/c1-9-16-12(15-6-7-19)8-13(17-9)18-11-5-3-2-4-10(11)14/h2-5,8,19H,6-7H2,1H3,(H2,15,16,17,18). The molecule has 0 saturated heterocycles. The highest BCUT2D eigenvalue weighted by Gasteiger charge is 2.04. The first-order valence-corrected chi connectivity index (χ1v) is 7.33. The van der Waals surface area contributed by atoms with Crippen LogP contribution < -0.4 is 10.6 Å². The first kappa shape index (κ1) is 14.1. The molecule has 0 bridgehead atoms. The van der Waals surface area contributed by atoms with Gasteiger partial charge in [-0.3, -0.25) is 0 Å². The second-order valence-corrected chi connectivity index (χ2v) is 5.24. The Morgan fingerprint density at radius 1 is 1.21 bits per heavy atom. The Bertz CT molecular complexity index is 562. The third kappa shape index (κ3) is 4.11. The Balaban J connectivity index is 2.20. The summed E-state index contributed by atoms with van der Waals surface area (Å²) in [5.74, 6) is 3.05. The smallest absolute Gasteiger partial charge is 0.136 e. The molecule has 1 aromatic carbocycles. The lowest BCUT2D eigenvalue weighted by atomic mass is 10.3. The minimum atomic E-state index is 0.721. The van der Waals surface area contributed by atoms with Crippen LogP contribution in [0, 0.1) is 6.92 Å². The topological polar surface area (TPSA) is 49.8 Å². The van der Waals surface area contributed by atoms with Crippen LogP contribution in [-0.2, 0) is 0 Å². The molecule has 0 aliphatic rings. The maximum Gasteiger partial charge on any atom is 0.136 e. The van der Waals surface area contributed by atoms with Gasteiger partial charge >= 0.3 is 0 Å². The number of anilines is 3. The normalized spacial score (nSPS) is 10.3. The SMILES string of the molecule is Cc1nc(NCCS)cc(Nc2ccccc2Br)n1. The van der Waals surface area contributed by atoms with E-state index in [2.05, 4.69) is 49.2 Å². The molecule has 1 heterocycles. The molecule has 0 atom stereocenters. The summed E-state index contributed by atoms with van der Waals surface area (Å²) in [6.07, 6.45) is 0. The summed E-state index contributed by atoms with van der Waals surface area (Å²) >= 11 is 7.67. The highest BCUT2D eigenvalue weighted by molar-refractivity contribution is 9.10. The maximum absolute atomic E-state index is 4.38. The van der Waals surface area contributed by atoms with Crippen molar-refractivity contribution in [1.82, 2.24) is 9.97 Å². The fourth-order valence-corrected chi connectivity index (χ4v) is 2.10. The number of aromatic nitrogens is 2. The van der Waals surface area contributed by atoms with E-state index in [0.29, 0.717) is 0 Å². The van der Waals surface area contributed by atoms with Crippen LogP contribution in [0.4, 0.5) is 17.3 Å². The Kier molecular flexibility index (Phi) is 5.04. The zero-order valence-corrected chi connectivity index (χ0v) is 13.0. The van der Waals surface area contributed by atoms with Gasteiger partial charge in [-0.2, -0.15) is 12.6 Å². The zero-order valence-electron chi connectivity index (χ0n) is 10.5. The number of aryl methyl sites for hydroxylation is 1. The molecule has 0 fully saturated rings. The maximum atomic E-state index is 4.38. The lowest BCUT2D eigenvalue weighted by Crippen LogP contribution is -2.07. The molecule has 0 radical (unpaired) electrons. The van der Waals surface area contributed by atoms with Crippen LogP contribution in [0.2, 0.25) is 0 Å². The van der Waals surface area contributed by atoms with Crippen molar-refractivity contribution in [3.8, 4) is 0 Å². The predicted molar refractivity (Wildman–Crippen MR) is 86.5 cm³/mol. The van der Waals surface area contributed by atoms with Gasteiger partial charge in [0, 0.05) is 22.8 Å². The number of hydrogen-bond acceptors (Lipinski definition) is 5. The zero-order chi connectivity index (χ0) is 13.7. The van der Waals surface area contributed by atoms with Crippen molar-refractivity contribution in [2.45, 2.75) is 6.92 Å². The summed E-state index contributed by atoms with van der Waals surface area (Å²) in [6.45, 7) is 2.64. The Hall–Kier alpha value is -1.27. The second kappa shape index (κ2) is 6.77. The van der Waals surface area contributed by atoms with Crippen LogP contribution in [0.25, 0.3) is 0 Å². The van der Waals surface area contributed by atoms with Gasteiger partial charge in [-0.1, -0.05) is 12.1 Å². The van der Waals surface area contributed by atoms with E-state index in [1.807, 2.05) is 37.3 Å². The number of nitrogens with zero attached hydrogens (tertiary/aromatic N) is 2. The summed E-state index contributed by atoms with van der Waals surface area (Å²) in [6, 6.07) is 9.80. The summed E-state index contributed by atoms with van der Waals surface area (Å²) in [4.78, 5) is 8.70. The molecule has 0 saturated carbocycles. The van der Waals surface area contributed by atoms with E-state index in [0.717, 1.165) is 39.9 Å². The Morgan fingerprint density at radius 3 is 2.68 bits per heavy atom. The van der Waals surface area contributed by atoms with E-state index < -0.39 is 0 Å². The summed E-state index contributed by atoms with van der Waals surface area (Å²) in [7, 11) is 0. The molecule has 6 heteroatoms. The van der Waals surface area contributed by atoms with E-state index in [1.54, 1.807) is 0 Å². The van der Waals surface area contributed by atoms with Crippen molar-refractivity contribution < 1.29 is 0 Å². The van der Waals surface area contributed by atoms with Crippen molar-refractivity contribution in [3.05, 3.63) is 40.6 Å². The van der Waals surface area contributed by atoms with Gasteiger partial charge in [-0.15, -0.1) is 0 Å². The van der Waals surface area contributed by atoms with Crippen LogP contribution in [0.5, 0.6) is 0 Å². The molecule has 4 nitrogen and oxygen atoms in total. The molecule has 1 aromatic heterocycles. The van der Waals surface area contributed by atoms with Crippen LogP contribution >= 0.6 is 28.6 Å². The third-order valence-corrected chi connectivity index (χ3v) is 3.31. The van der Waals surface area contributed by atoms with Gasteiger partial charge in [0.1, 0.15) is 17.5 Å². The van der Waals surface area contributed by atoms with Crippen LogP contribution in [0.3, 0.4) is 0 Å². The second-order valence-electron chi connectivity index (χ2n) is 3.94. The summed E-state index contributed by atoms with van der Waals surface area (Å²) < 4.78 is 0.996. The summed E-state index contributed by atoms with van der Waals surface area (Å²) in [5, 5.41) is 6.47. The van der Waals surface area contributed by atoms with Crippen molar-refractivity contribution in [1.29, 1.82) is 0 Å². The predicted octanol–water partition coefficient (Wildman–Crippen LogP) is 3.63. The largest absolute Gasteiger partial charge is 0.369 e. The molecule has 0 unspecified atom stereocenters. The van der Waals surface area contributed by atoms with Crippen LogP contribution in [-0.4, -0.2) is 22.3 Å². The average molecular weight is 339 g/mol. The third-order valence-electron chi connectivity index (χ3n) is 2.39. The van der Waals surface area contributed by atoms with Gasteiger partial charge in [0.05, 0.1) is 5.69 Å². The van der Waals surface area contributed by atoms with E-state index in [1.165, 1.54) is 0 Å². The molecule has 0 amide bonds. The molecule has 0 aliphatic carbocycles. The van der Waals surface area contributed by atoms with Gasteiger partial charge < -0.3 is 10.6 Å². The Labute approximate surface area is 126 Å². The molecule has 2 rings (SSSR count). The number of nitrogens with one attached hydrogen (secondary N) is 2. The molecule has 0 aliphatic heterocycles. The molecule has 100 valence electrons. The van der Waals surface area contributed by atoms with Gasteiger partial charge in [0.2, 0.25) is 0 Å². The summed E-state index contributed by atoms with van der Waals surface area (Å²) in [5.41, 5.74) is 0.973. The lowest BCUT2D eigenvalue weighted by Gasteiger charge is -2.10. The number of thiol groups is 1. The van der Waals surface area contributed by atoms with Crippen molar-refractivity contribution in [2.75, 3.05) is 22.9 Å². The lowest BCUT2D eigenvalue weighted by molar-refractivity contribution is 1.04. The van der Waals surface area contributed by atoms with E-state index in [9.17, 15) is 0 Å². The highest BCUT2D eigenvalue weighted by atomic mass is 79.9. The number of para-hydroxylation sites is 1. The molecular weight excluding hydrogens is 324 g/mol. The fourth-order valence-electron chi connectivity index (χ4n) is 1.61. The van der Waals surface area contributed by atoms with E-state index in [4.69, 9.17) is 0 Å². The van der Waals surface area contributed by atoms with Gasteiger partial charge in [-0.05, 0) is 35.0 Å². The fraction of sp³-hybridized carbons (Fsp3) is 0.231. The number of hydrogen-bond donors (Lipinski definition) is 3. The highest BCUT2D eigenvalue weighted by Crippen LogP contribution is 2.25. The molecular formula is C13H15BrN4S. The van der Waals surface area contributed by atoms with Crippen molar-refractivity contribution >= 4 is 45.9 Å². The van der Waals surface area contributed by atoms with Crippen LogP contribution in [0.1, 0.15) is 5.82 Å². The minimum Gasteiger partial charge on any atom is -0.369 e. The first-order chi connectivity index (χ1) is 9.19. The Morgan fingerprint density at radius 2 is 1.95 bits per heavy atom. The van der Waals surface area contributed by atoms with Gasteiger partial charge in [0.15, 0.2) is 0 Å². The molecule has 2 aromatic rings. The average Bonchev–Trinajstić information content (AvgIpc) is 2.38. The van der Waals surface area contributed by atoms with Crippen molar-refractivity contribution in [3.63, 3.8) is 0 Å². The van der Waals surface area contributed by atoms with E-state index in [-0.39, 0.29) is 0 Å². The molecule has 19 heavy (non-hydrogen) atoms. The number of halogens is 1. The number of rotatable bonds is 5. The van der Waals surface area contributed by atoms with Gasteiger partial charge in [0.25, 0.3) is 0 Å². The van der Waals surface area contributed by atoms with Crippen molar-refractivity contribution in [2.24, 2.45) is 0 Å². The number of benzene rings is 1. The van der Waals surface area contributed by atoms with Crippen LogP contribution in [0.15, 0.2) is 34.8 Å². The minimum absolute atomic E-state index is 0.721. The quantitative estimate of drug-likeness (QED) is 0.728. The molecule has 0 spiro atoms. The first-order valence-electron chi connectivity index (χ1n) is 5.91.